The fourth-order valence-electron chi connectivity index (χ4n) is 3.38. The SMILES string of the molecule is O=c1[nH]c(C[NH+]2CCN(c3ccccc3)CC2)nc2cc(Cl)ccc12. The zero-order chi connectivity index (χ0) is 17.2. The molecule has 0 aliphatic carbocycles. The van der Waals surface area contributed by atoms with Crippen LogP contribution in [0.1, 0.15) is 5.82 Å². The number of para-hydroxylation sites is 1. The van der Waals surface area contributed by atoms with Crippen LogP contribution in [0.5, 0.6) is 0 Å². The van der Waals surface area contributed by atoms with Gasteiger partial charge in [0.1, 0.15) is 6.54 Å². The third kappa shape index (κ3) is 3.52. The summed E-state index contributed by atoms with van der Waals surface area (Å²) in [6.07, 6.45) is 0. The largest absolute Gasteiger partial charge is 0.360 e. The van der Waals surface area contributed by atoms with Gasteiger partial charge in [0, 0.05) is 10.7 Å². The molecule has 1 fully saturated rings. The van der Waals surface area contributed by atoms with Crippen LogP contribution in [0.4, 0.5) is 5.69 Å². The maximum absolute atomic E-state index is 12.2. The lowest BCUT2D eigenvalue weighted by atomic mass is 10.2. The Morgan fingerprint density at radius 3 is 2.64 bits per heavy atom. The number of H-pyrrole nitrogens is 1. The number of quaternary nitrogens is 1. The summed E-state index contributed by atoms with van der Waals surface area (Å²) >= 11 is 6.03. The van der Waals surface area contributed by atoms with Gasteiger partial charge in [0.2, 0.25) is 0 Å². The Kier molecular flexibility index (Phi) is 4.42. The topological polar surface area (TPSA) is 53.4 Å². The van der Waals surface area contributed by atoms with Crippen LogP contribution < -0.4 is 15.4 Å². The summed E-state index contributed by atoms with van der Waals surface area (Å²) in [5.74, 6) is 0.725. The average molecular weight is 356 g/mol. The van der Waals surface area contributed by atoms with Crippen molar-refractivity contribution < 1.29 is 4.90 Å². The number of fused-ring (bicyclic) bond motifs is 1. The minimum Gasteiger partial charge on any atom is -0.360 e. The van der Waals surface area contributed by atoms with Crippen molar-refractivity contribution in [2.24, 2.45) is 0 Å². The summed E-state index contributed by atoms with van der Waals surface area (Å²) in [4.78, 5) is 23.6. The zero-order valence-corrected chi connectivity index (χ0v) is 14.6. The molecule has 128 valence electrons. The molecule has 0 saturated carbocycles. The molecular formula is C19H20ClN4O+. The van der Waals surface area contributed by atoms with Crippen molar-refractivity contribution in [3.8, 4) is 0 Å². The number of nitrogens with one attached hydrogen (secondary N) is 2. The molecule has 2 N–H and O–H groups in total. The van der Waals surface area contributed by atoms with Gasteiger partial charge in [-0.3, -0.25) is 4.79 Å². The van der Waals surface area contributed by atoms with Crippen molar-refractivity contribution in [3.63, 3.8) is 0 Å². The van der Waals surface area contributed by atoms with Gasteiger partial charge in [-0.25, -0.2) is 4.98 Å². The van der Waals surface area contributed by atoms with Crippen LogP contribution in [0.25, 0.3) is 10.9 Å². The molecule has 0 radical (unpaired) electrons. The van der Waals surface area contributed by atoms with Crippen LogP contribution >= 0.6 is 11.6 Å². The van der Waals surface area contributed by atoms with E-state index in [0.717, 1.165) is 38.5 Å². The standard InChI is InChI=1S/C19H19ClN4O/c20-14-6-7-16-17(12-14)21-18(22-19(16)25)13-23-8-10-24(11-9-23)15-4-2-1-3-5-15/h1-7,12H,8-11,13H2,(H,21,22,25)/p+1. The Labute approximate surface area is 150 Å². The lowest BCUT2D eigenvalue weighted by molar-refractivity contribution is -0.915. The number of nitrogens with zero attached hydrogens (tertiary/aromatic N) is 2. The summed E-state index contributed by atoms with van der Waals surface area (Å²) in [5.41, 5.74) is 1.83. The van der Waals surface area contributed by atoms with Gasteiger partial charge in [-0.2, -0.15) is 0 Å². The molecule has 0 amide bonds. The maximum atomic E-state index is 12.2. The van der Waals surface area contributed by atoms with Gasteiger partial charge in [0.15, 0.2) is 5.82 Å². The van der Waals surface area contributed by atoms with Crippen molar-refractivity contribution in [3.05, 3.63) is 69.7 Å². The second-order valence-corrected chi connectivity index (χ2v) is 6.86. The fourth-order valence-corrected chi connectivity index (χ4v) is 3.54. The first kappa shape index (κ1) is 16.1. The van der Waals surface area contributed by atoms with Gasteiger partial charge in [0.05, 0.1) is 37.1 Å². The van der Waals surface area contributed by atoms with E-state index in [2.05, 4.69) is 39.1 Å². The van der Waals surface area contributed by atoms with Crippen molar-refractivity contribution in [1.29, 1.82) is 0 Å². The van der Waals surface area contributed by atoms with Crippen molar-refractivity contribution in [1.82, 2.24) is 9.97 Å². The van der Waals surface area contributed by atoms with E-state index in [9.17, 15) is 4.79 Å². The number of hydrogen-bond donors (Lipinski definition) is 2. The molecule has 1 saturated heterocycles. The number of aromatic amines is 1. The Balaban J connectivity index is 1.47. The molecule has 3 aromatic rings. The smallest absolute Gasteiger partial charge is 0.258 e. The van der Waals surface area contributed by atoms with E-state index in [-0.39, 0.29) is 5.56 Å². The van der Waals surface area contributed by atoms with Crippen molar-refractivity contribution >= 4 is 28.2 Å². The first-order chi connectivity index (χ1) is 12.2. The molecule has 0 spiro atoms. The molecule has 1 aliphatic rings. The number of anilines is 1. The Morgan fingerprint density at radius 1 is 1.12 bits per heavy atom. The fraction of sp³-hybridized carbons (Fsp3) is 0.263. The Bertz CT molecular complexity index is 933. The molecule has 0 bridgehead atoms. The predicted octanol–water partition coefficient (Wildman–Crippen LogP) is 1.48. The summed E-state index contributed by atoms with van der Waals surface area (Å²) in [5, 5.41) is 1.18. The van der Waals surface area contributed by atoms with Crippen LogP contribution in [-0.4, -0.2) is 36.1 Å². The number of piperazine rings is 1. The average Bonchev–Trinajstić information content (AvgIpc) is 2.63. The highest BCUT2D eigenvalue weighted by molar-refractivity contribution is 6.31. The molecule has 0 atom stereocenters. The molecular weight excluding hydrogens is 336 g/mol. The normalized spacial score (nSPS) is 15.6. The molecule has 25 heavy (non-hydrogen) atoms. The predicted molar refractivity (Wildman–Crippen MR) is 100 cm³/mol. The van der Waals surface area contributed by atoms with Crippen LogP contribution in [0.15, 0.2) is 53.3 Å². The monoisotopic (exact) mass is 355 g/mol. The lowest BCUT2D eigenvalue weighted by Gasteiger charge is -2.33. The van der Waals surface area contributed by atoms with Crippen LogP contribution in [0.2, 0.25) is 5.02 Å². The quantitative estimate of drug-likeness (QED) is 0.748. The van der Waals surface area contributed by atoms with E-state index < -0.39 is 0 Å². The molecule has 2 heterocycles. The van der Waals surface area contributed by atoms with Gasteiger partial charge in [-0.1, -0.05) is 29.8 Å². The number of halogens is 1. The third-order valence-corrected chi connectivity index (χ3v) is 4.96. The maximum Gasteiger partial charge on any atom is 0.258 e. The number of hydrogen-bond acceptors (Lipinski definition) is 3. The second-order valence-electron chi connectivity index (χ2n) is 6.42. The Hall–Kier alpha value is -2.37. The van der Waals surface area contributed by atoms with E-state index in [1.165, 1.54) is 10.6 Å². The molecule has 1 aromatic heterocycles. The molecule has 5 nitrogen and oxygen atoms in total. The van der Waals surface area contributed by atoms with Crippen molar-refractivity contribution in [2.75, 3.05) is 31.1 Å². The Morgan fingerprint density at radius 2 is 1.88 bits per heavy atom. The number of rotatable bonds is 3. The van der Waals surface area contributed by atoms with E-state index >= 15 is 0 Å². The van der Waals surface area contributed by atoms with Gasteiger partial charge in [-0.15, -0.1) is 0 Å². The van der Waals surface area contributed by atoms with Gasteiger partial charge < -0.3 is 14.8 Å². The summed E-state index contributed by atoms with van der Waals surface area (Å²) < 4.78 is 0. The minimum atomic E-state index is -0.0982. The van der Waals surface area contributed by atoms with Crippen LogP contribution in [0.3, 0.4) is 0 Å². The summed E-state index contributed by atoms with van der Waals surface area (Å²) in [6, 6.07) is 15.7. The van der Waals surface area contributed by atoms with Crippen LogP contribution in [-0.2, 0) is 6.54 Å². The summed E-state index contributed by atoms with van der Waals surface area (Å²) in [7, 11) is 0. The number of aromatic nitrogens is 2. The first-order valence-corrected chi connectivity index (χ1v) is 8.89. The van der Waals surface area contributed by atoms with Gasteiger partial charge in [-0.05, 0) is 30.3 Å². The highest BCUT2D eigenvalue weighted by Crippen LogP contribution is 2.15. The van der Waals surface area contributed by atoms with E-state index in [0.29, 0.717) is 15.9 Å². The zero-order valence-electron chi connectivity index (χ0n) is 13.8. The van der Waals surface area contributed by atoms with Crippen LogP contribution in [0, 0.1) is 0 Å². The molecule has 0 unspecified atom stereocenters. The molecule has 2 aromatic carbocycles. The number of benzene rings is 2. The molecule has 4 rings (SSSR count). The highest BCUT2D eigenvalue weighted by Gasteiger charge is 2.21. The minimum absolute atomic E-state index is 0.0982. The van der Waals surface area contributed by atoms with Gasteiger partial charge in [0.25, 0.3) is 5.56 Å². The first-order valence-electron chi connectivity index (χ1n) is 8.51. The lowest BCUT2D eigenvalue weighted by Crippen LogP contribution is -3.13. The van der Waals surface area contributed by atoms with Gasteiger partial charge >= 0.3 is 0 Å². The van der Waals surface area contributed by atoms with E-state index in [1.807, 2.05) is 6.07 Å². The third-order valence-electron chi connectivity index (χ3n) is 4.73. The molecule has 6 heteroatoms. The van der Waals surface area contributed by atoms with E-state index in [1.54, 1.807) is 18.2 Å². The second kappa shape index (κ2) is 6.86. The van der Waals surface area contributed by atoms with E-state index in [4.69, 9.17) is 11.6 Å². The molecule has 1 aliphatic heterocycles. The highest BCUT2D eigenvalue weighted by atomic mass is 35.5. The van der Waals surface area contributed by atoms with Crippen molar-refractivity contribution in [2.45, 2.75) is 6.54 Å². The summed E-state index contributed by atoms with van der Waals surface area (Å²) in [6.45, 7) is 4.77.